The molecule has 2 aromatic carbocycles. The third-order valence-corrected chi connectivity index (χ3v) is 3.54. The molecule has 0 aromatic heterocycles. The number of ether oxygens (including phenoxy) is 2. The van der Waals surface area contributed by atoms with E-state index in [0.717, 1.165) is 24.0 Å². The van der Waals surface area contributed by atoms with Crippen molar-refractivity contribution in [2.75, 3.05) is 13.2 Å². The monoisotopic (exact) mass is 348 g/mol. The van der Waals surface area contributed by atoms with Gasteiger partial charge in [-0.15, -0.1) is 0 Å². The molecule has 3 nitrogen and oxygen atoms in total. The maximum Gasteiger partial charge on any atom is 0.330 e. The van der Waals surface area contributed by atoms with Gasteiger partial charge in [-0.05, 0) is 36.1 Å². The van der Waals surface area contributed by atoms with E-state index >= 15 is 0 Å². The maximum atomic E-state index is 11.6. The molecule has 0 heterocycles. The van der Waals surface area contributed by atoms with Crippen molar-refractivity contribution in [1.82, 2.24) is 0 Å². The first-order valence-electron chi connectivity index (χ1n) is 8.69. The van der Waals surface area contributed by atoms with Crippen LogP contribution >= 0.6 is 0 Å². The predicted molar refractivity (Wildman–Crippen MR) is 106 cm³/mol. The number of hydrogen-bond donors (Lipinski definition) is 0. The zero-order valence-electron chi connectivity index (χ0n) is 14.8. The van der Waals surface area contributed by atoms with E-state index in [1.165, 1.54) is 6.08 Å². The Hall–Kier alpha value is -3.07. The van der Waals surface area contributed by atoms with E-state index in [4.69, 9.17) is 9.47 Å². The minimum atomic E-state index is -0.329. The molecule has 0 aliphatic rings. The van der Waals surface area contributed by atoms with Gasteiger partial charge in [-0.2, -0.15) is 0 Å². The number of carbonyl (C=O) groups excluding carboxylic acids is 1. The van der Waals surface area contributed by atoms with Gasteiger partial charge in [0.1, 0.15) is 5.76 Å². The maximum absolute atomic E-state index is 11.6. The third-order valence-electron chi connectivity index (χ3n) is 3.54. The molecule has 0 unspecified atom stereocenters. The minimum Gasteiger partial charge on any atom is -0.494 e. The van der Waals surface area contributed by atoms with Crippen LogP contribution in [-0.2, 0) is 14.3 Å². The molecule has 0 aliphatic heterocycles. The fraction of sp³-hybridized carbons (Fsp3) is 0.174. The fourth-order valence-corrected chi connectivity index (χ4v) is 2.16. The number of carbonyl (C=O) groups is 1. The Labute approximate surface area is 155 Å². The molecule has 0 spiro atoms. The predicted octanol–water partition coefficient (Wildman–Crippen LogP) is 5.27. The number of benzene rings is 2. The van der Waals surface area contributed by atoms with Gasteiger partial charge >= 0.3 is 5.97 Å². The zero-order chi connectivity index (χ0) is 18.5. The van der Waals surface area contributed by atoms with Crippen molar-refractivity contribution < 1.29 is 14.3 Å². The molecular formula is C23H24O3. The minimum absolute atomic E-state index is 0.329. The molecule has 0 radical (unpaired) electrons. The van der Waals surface area contributed by atoms with E-state index in [1.807, 2.05) is 72.8 Å². The largest absolute Gasteiger partial charge is 0.494 e. The smallest absolute Gasteiger partial charge is 0.330 e. The highest BCUT2D eigenvalue weighted by atomic mass is 16.5. The van der Waals surface area contributed by atoms with E-state index in [9.17, 15) is 4.79 Å². The Morgan fingerprint density at radius 1 is 0.769 bits per heavy atom. The molecule has 0 N–H and O–H groups in total. The van der Waals surface area contributed by atoms with E-state index in [2.05, 4.69) is 6.58 Å². The van der Waals surface area contributed by atoms with Gasteiger partial charge in [-0.1, -0.05) is 73.3 Å². The van der Waals surface area contributed by atoms with Crippen LogP contribution in [0.1, 0.15) is 24.0 Å². The number of hydrogen-bond acceptors (Lipinski definition) is 3. The van der Waals surface area contributed by atoms with Crippen molar-refractivity contribution in [2.45, 2.75) is 12.8 Å². The van der Waals surface area contributed by atoms with E-state index in [0.29, 0.717) is 19.0 Å². The highest BCUT2D eigenvalue weighted by Gasteiger charge is 1.98. The molecule has 0 saturated carbocycles. The third kappa shape index (κ3) is 8.15. The SMILES string of the molecule is C=C(/C=C/c1ccccc1)OCCCCOC(=O)/C=C/c1ccccc1. The summed E-state index contributed by atoms with van der Waals surface area (Å²) >= 11 is 0. The number of allylic oxidation sites excluding steroid dienone is 1. The summed E-state index contributed by atoms with van der Waals surface area (Å²) in [5.41, 5.74) is 2.08. The average Bonchev–Trinajstić information content (AvgIpc) is 2.69. The molecule has 0 saturated heterocycles. The second kappa shape index (κ2) is 11.5. The van der Waals surface area contributed by atoms with E-state index < -0.39 is 0 Å². The fourth-order valence-electron chi connectivity index (χ4n) is 2.16. The first-order chi connectivity index (χ1) is 12.7. The first kappa shape index (κ1) is 19.3. The Bertz CT molecular complexity index is 665. The molecule has 0 atom stereocenters. The molecular weight excluding hydrogens is 324 g/mol. The Morgan fingerprint density at radius 3 is 1.85 bits per heavy atom. The molecule has 3 heteroatoms. The molecule has 0 fully saturated rings. The van der Waals surface area contributed by atoms with Crippen LogP contribution in [0.15, 0.2) is 85.2 Å². The van der Waals surface area contributed by atoms with E-state index in [1.54, 1.807) is 6.08 Å². The van der Waals surface area contributed by atoms with Gasteiger partial charge in [0, 0.05) is 6.08 Å². The first-order valence-corrected chi connectivity index (χ1v) is 8.69. The van der Waals surface area contributed by atoms with Crippen LogP contribution in [0, 0.1) is 0 Å². The van der Waals surface area contributed by atoms with Crippen LogP contribution in [0.5, 0.6) is 0 Å². The lowest BCUT2D eigenvalue weighted by molar-refractivity contribution is -0.137. The summed E-state index contributed by atoms with van der Waals surface area (Å²) in [5.74, 6) is 0.293. The number of esters is 1. The quantitative estimate of drug-likeness (QED) is 0.193. The summed E-state index contributed by atoms with van der Waals surface area (Å²) in [6.07, 6.45) is 8.55. The molecule has 2 aromatic rings. The van der Waals surface area contributed by atoms with Crippen molar-refractivity contribution in [1.29, 1.82) is 0 Å². The summed E-state index contributed by atoms with van der Waals surface area (Å²) in [4.78, 5) is 11.6. The van der Waals surface area contributed by atoms with Crippen molar-refractivity contribution in [3.05, 3.63) is 96.3 Å². The van der Waals surface area contributed by atoms with Crippen LogP contribution in [0.2, 0.25) is 0 Å². The van der Waals surface area contributed by atoms with Gasteiger partial charge in [0.25, 0.3) is 0 Å². The van der Waals surface area contributed by atoms with Crippen LogP contribution in [0.25, 0.3) is 12.2 Å². The second-order valence-electron chi connectivity index (χ2n) is 5.68. The second-order valence-corrected chi connectivity index (χ2v) is 5.68. The van der Waals surface area contributed by atoms with Gasteiger partial charge in [0.15, 0.2) is 0 Å². The summed E-state index contributed by atoms with van der Waals surface area (Å²) in [7, 11) is 0. The van der Waals surface area contributed by atoms with Gasteiger partial charge in [-0.25, -0.2) is 4.79 Å². The van der Waals surface area contributed by atoms with Crippen molar-refractivity contribution in [3.63, 3.8) is 0 Å². The van der Waals surface area contributed by atoms with Gasteiger partial charge in [0.2, 0.25) is 0 Å². The Balaban J connectivity index is 1.53. The lowest BCUT2D eigenvalue weighted by atomic mass is 10.2. The molecule has 0 aliphatic carbocycles. The van der Waals surface area contributed by atoms with Crippen LogP contribution in [0.4, 0.5) is 0 Å². The summed E-state index contributed by atoms with van der Waals surface area (Å²) in [6, 6.07) is 19.6. The molecule has 134 valence electrons. The van der Waals surface area contributed by atoms with Crippen molar-refractivity contribution in [2.24, 2.45) is 0 Å². The van der Waals surface area contributed by atoms with Crippen LogP contribution in [-0.4, -0.2) is 19.2 Å². The van der Waals surface area contributed by atoms with Crippen LogP contribution < -0.4 is 0 Å². The van der Waals surface area contributed by atoms with Crippen molar-refractivity contribution >= 4 is 18.1 Å². The lowest BCUT2D eigenvalue weighted by Gasteiger charge is -2.06. The average molecular weight is 348 g/mol. The van der Waals surface area contributed by atoms with Crippen LogP contribution in [0.3, 0.4) is 0 Å². The number of rotatable bonds is 10. The summed E-state index contributed by atoms with van der Waals surface area (Å²) in [5, 5.41) is 0. The topological polar surface area (TPSA) is 35.5 Å². The summed E-state index contributed by atoms with van der Waals surface area (Å²) < 4.78 is 10.7. The van der Waals surface area contributed by atoms with Gasteiger partial charge in [0.05, 0.1) is 13.2 Å². The normalized spacial score (nSPS) is 10.9. The Kier molecular flexibility index (Phi) is 8.50. The van der Waals surface area contributed by atoms with Crippen molar-refractivity contribution in [3.8, 4) is 0 Å². The highest BCUT2D eigenvalue weighted by molar-refractivity contribution is 5.86. The molecule has 0 bridgehead atoms. The van der Waals surface area contributed by atoms with E-state index in [-0.39, 0.29) is 5.97 Å². The summed E-state index contributed by atoms with van der Waals surface area (Å²) in [6.45, 7) is 4.80. The van der Waals surface area contributed by atoms with Gasteiger partial charge in [-0.3, -0.25) is 0 Å². The Morgan fingerprint density at radius 2 is 1.27 bits per heavy atom. The molecule has 2 rings (SSSR count). The lowest BCUT2D eigenvalue weighted by Crippen LogP contribution is -2.03. The van der Waals surface area contributed by atoms with Gasteiger partial charge < -0.3 is 9.47 Å². The molecule has 26 heavy (non-hydrogen) atoms. The number of unbranched alkanes of at least 4 members (excludes halogenated alkanes) is 1. The molecule has 0 amide bonds. The standard InChI is InChI=1S/C23H24O3/c1-20(14-15-21-10-4-2-5-11-21)25-18-8-9-19-26-23(24)17-16-22-12-6-3-7-13-22/h2-7,10-17H,1,8-9,18-19H2/b15-14+,17-16+. The zero-order valence-corrected chi connectivity index (χ0v) is 14.8. The highest BCUT2D eigenvalue weighted by Crippen LogP contribution is 2.06.